The average molecular weight is 277 g/mol. The Morgan fingerprint density at radius 3 is 2.80 bits per heavy atom. The van der Waals surface area contributed by atoms with Gasteiger partial charge in [-0.15, -0.1) is 0 Å². The van der Waals surface area contributed by atoms with E-state index in [1.807, 2.05) is 0 Å². The molecule has 0 atom stereocenters. The normalized spacial score (nSPS) is 17.3. The van der Waals surface area contributed by atoms with Crippen molar-refractivity contribution in [3.8, 4) is 0 Å². The largest absolute Gasteiger partial charge is 0.383 e. The lowest BCUT2D eigenvalue weighted by atomic mass is 9.94. The van der Waals surface area contributed by atoms with Crippen molar-refractivity contribution in [2.45, 2.75) is 39.0 Å². The van der Waals surface area contributed by atoms with Crippen LogP contribution in [-0.2, 0) is 6.42 Å². The minimum atomic E-state index is 0.614. The van der Waals surface area contributed by atoms with Crippen LogP contribution in [0.1, 0.15) is 38.2 Å². The van der Waals surface area contributed by atoms with Gasteiger partial charge in [0.2, 0.25) is 0 Å². The summed E-state index contributed by atoms with van der Waals surface area (Å²) in [6, 6.07) is 0. The first kappa shape index (κ1) is 15.0. The van der Waals surface area contributed by atoms with Crippen LogP contribution in [0.25, 0.3) is 0 Å². The molecular weight excluding hydrogens is 250 g/mol. The molecule has 0 amide bonds. The number of piperidine rings is 1. The molecule has 1 saturated heterocycles. The Labute approximate surface area is 122 Å². The quantitative estimate of drug-likeness (QED) is 0.834. The van der Waals surface area contributed by atoms with E-state index in [9.17, 15) is 0 Å². The molecule has 1 aromatic heterocycles. The van der Waals surface area contributed by atoms with Gasteiger partial charge in [-0.1, -0.05) is 13.3 Å². The van der Waals surface area contributed by atoms with Crippen LogP contribution in [0.4, 0.5) is 11.6 Å². The lowest BCUT2D eigenvalue weighted by molar-refractivity contribution is 0.215. The molecule has 2 heterocycles. The number of nitrogens with one attached hydrogen (secondary N) is 1. The molecule has 2 rings (SSSR count). The van der Waals surface area contributed by atoms with E-state index in [2.05, 4.69) is 34.2 Å². The van der Waals surface area contributed by atoms with E-state index < -0.39 is 0 Å². The number of anilines is 2. The molecule has 3 N–H and O–H groups in total. The lowest BCUT2D eigenvalue weighted by Gasteiger charge is -2.29. The molecule has 0 aromatic carbocycles. The Kier molecular flexibility index (Phi) is 5.59. The zero-order chi connectivity index (χ0) is 14.4. The molecule has 20 heavy (non-hydrogen) atoms. The Bertz CT molecular complexity index is 413. The highest BCUT2D eigenvalue weighted by molar-refractivity contribution is 5.54. The van der Waals surface area contributed by atoms with E-state index in [0.717, 1.165) is 36.7 Å². The highest BCUT2D eigenvalue weighted by Gasteiger charge is 2.16. The van der Waals surface area contributed by atoms with Crippen molar-refractivity contribution in [1.82, 2.24) is 14.9 Å². The Hall–Kier alpha value is -1.36. The maximum atomic E-state index is 5.94. The topological polar surface area (TPSA) is 67.1 Å². The summed E-state index contributed by atoms with van der Waals surface area (Å²) in [6.45, 7) is 5.58. The Balaban J connectivity index is 1.83. The molecule has 0 spiro atoms. The van der Waals surface area contributed by atoms with Gasteiger partial charge in [0.15, 0.2) is 0 Å². The van der Waals surface area contributed by atoms with Gasteiger partial charge in [-0.05, 0) is 51.7 Å². The van der Waals surface area contributed by atoms with Crippen LogP contribution < -0.4 is 11.1 Å². The minimum Gasteiger partial charge on any atom is -0.383 e. The van der Waals surface area contributed by atoms with Crippen LogP contribution in [0.5, 0.6) is 0 Å². The first-order valence-corrected chi connectivity index (χ1v) is 7.72. The summed E-state index contributed by atoms with van der Waals surface area (Å²) in [5.74, 6) is 2.38. The zero-order valence-electron chi connectivity index (χ0n) is 12.7. The molecule has 112 valence electrons. The molecule has 0 radical (unpaired) electrons. The van der Waals surface area contributed by atoms with Gasteiger partial charge in [-0.2, -0.15) is 0 Å². The van der Waals surface area contributed by atoms with E-state index in [4.69, 9.17) is 5.73 Å². The molecule has 0 aliphatic carbocycles. The number of hydrogen-bond acceptors (Lipinski definition) is 5. The summed E-state index contributed by atoms with van der Waals surface area (Å²) >= 11 is 0. The summed E-state index contributed by atoms with van der Waals surface area (Å²) in [5.41, 5.74) is 7.01. The summed E-state index contributed by atoms with van der Waals surface area (Å²) in [4.78, 5) is 10.8. The molecular formula is C15H27N5. The average Bonchev–Trinajstić information content (AvgIpc) is 2.45. The van der Waals surface area contributed by atoms with E-state index in [1.165, 1.54) is 32.4 Å². The van der Waals surface area contributed by atoms with Crippen molar-refractivity contribution in [2.75, 3.05) is 37.7 Å². The molecule has 0 saturated carbocycles. The third kappa shape index (κ3) is 4.07. The second-order valence-corrected chi connectivity index (χ2v) is 5.80. The second kappa shape index (κ2) is 7.43. The molecule has 5 nitrogen and oxygen atoms in total. The molecule has 1 fully saturated rings. The number of hydrogen-bond donors (Lipinski definition) is 2. The lowest BCUT2D eigenvalue weighted by Crippen LogP contribution is -2.31. The van der Waals surface area contributed by atoms with Crippen molar-refractivity contribution < 1.29 is 0 Å². The number of aromatic nitrogens is 2. The van der Waals surface area contributed by atoms with Gasteiger partial charge < -0.3 is 16.0 Å². The van der Waals surface area contributed by atoms with Crippen molar-refractivity contribution in [3.63, 3.8) is 0 Å². The van der Waals surface area contributed by atoms with Gasteiger partial charge in [0.25, 0.3) is 0 Å². The molecule has 0 bridgehead atoms. The van der Waals surface area contributed by atoms with Crippen molar-refractivity contribution in [1.29, 1.82) is 0 Å². The smallest absolute Gasteiger partial charge is 0.134 e. The van der Waals surface area contributed by atoms with Crippen LogP contribution in [0, 0.1) is 5.92 Å². The number of nitrogen functional groups attached to an aromatic ring is 1. The second-order valence-electron chi connectivity index (χ2n) is 5.80. The molecule has 0 unspecified atom stereocenters. The molecule has 1 aromatic rings. The summed E-state index contributed by atoms with van der Waals surface area (Å²) < 4.78 is 0. The fourth-order valence-corrected chi connectivity index (χ4v) is 2.82. The van der Waals surface area contributed by atoms with Gasteiger partial charge in [0.05, 0.1) is 0 Å². The van der Waals surface area contributed by atoms with Gasteiger partial charge in [0, 0.05) is 12.1 Å². The first-order chi connectivity index (χ1) is 9.70. The Morgan fingerprint density at radius 2 is 2.10 bits per heavy atom. The SMILES string of the molecule is CCCc1c(N)ncnc1NCCC1CCN(C)CC1. The van der Waals surface area contributed by atoms with E-state index in [0.29, 0.717) is 5.82 Å². The number of likely N-dealkylation sites (tertiary alicyclic amines) is 1. The maximum Gasteiger partial charge on any atom is 0.134 e. The maximum absolute atomic E-state index is 5.94. The third-order valence-corrected chi connectivity index (χ3v) is 4.16. The number of nitrogens with two attached hydrogens (primary N) is 1. The van der Waals surface area contributed by atoms with Gasteiger partial charge in [-0.3, -0.25) is 0 Å². The van der Waals surface area contributed by atoms with Crippen molar-refractivity contribution in [3.05, 3.63) is 11.9 Å². The molecule has 1 aliphatic heterocycles. The standard InChI is InChI=1S/C15H27N5/c1-3-4-13-14(16)18-11-19-15(13)17-8-5-12-6-9-20(2)10-7-12/h11-12H,3-10H2,1-2H3,(H3,16,17,18,19). The highest BCUT2D eigenvalue weighted by atomic mass is 15.1. The summed E-state index contributed by atoms with van der Waals surface area (Å²) in [5, 5.41) is 3.45. The van der Waals surface area contributed by atoms with Gasteiger partial charge in [-0.25, -0.2) is 9.97 Å². The minimum absolute atomic E-state index is 0.614. The number of rotatable bonds is 6. The summed E-state index contributed by atoms with van der Waals surface area (Å²) in [6.07, 6.45) is 7.37. The summed E-state index contributed by atoms with van der Waals surface area (Å²) in [7, 11) is 2.20. The fraction of sp³-hybridized carbons (Fsp3) is 0.733. The van der Waals surface area contributed by atoms with Crippen molar-refractivity contribution >= 4 is 11.6 Å². The fourth-order valence-electron chi connectivity index (χ4n) is 2.82. The monoisotopic (exact) mass is 277 g/mol. The van der Waals surface area contributed by atoms with E-state index >= 15 is 0 Å². The number of nitrogens with zero attached hydrogens (tertiary/aromatic N) is 3. The van der Waals surface area contributed by atoms with Crippen molar-refractivity contribution in [2.24, 2.45) is 5.92 Å². The van der Waals surface area contributed by atoms with Gasteiger partial charge >= 0.3 is 0 Å². The van der Waals surface area contributed by atoms with Crippen LogP contribution >= 0.6 is 0 Å². The van der Waals surface area contributed by atoms with Crippen LogP contribution in [0.3, 0.4) is 0 Å². The Morgan fingerprint density at radius 1 is 1.35 bits per heavy atom. The predicted octanol–water partition coefficient (Wildman–Crippen LogP) is 2.16. The first-order valence-electron chi connectivity index (χ1n) is 7.72. The van der Waals surface area contributed by atoms with Crippen LogP contribution in [-0.4, -0.2) is 41.5 Å². The molecule has 5 heteroatoms. The van der Waals surface area contributed by atoms with Crippen LogP contribution in [0.2, 0.25) is 0 Å². The highest BCUT2D eigenvalue weighted by Crippen LogP contribution is 2.22. The molecule has 1 aliphatic rings. The van der Waals surface area contributed by atoms with Crippen LogP contribution in [0.15, 0.2) is 6.33 Å². The zero-order valence-corrected chi connectivity index (χ0v) is 12.7. The third-order valence-electron chi connectivity index (χ3n) is 4.16. The predicted molar refractivity (Wildman–Crippen MR) is 83.8 cm³/mol. The van der Waals surface area contributed by atoms with E-state index in [-0.39, 0.29) is 0 Å². The van der Waals surface area contributed by atoms with E-state index in [1.54, 1.807) is 6.33 Å². The van der Waals surface area contributed by atoms with Gasteiger partial charge in [0.1, 0.15) is 18.0 Å².